The summed E-state index contributed by atoms with van der Waals surface area (Å²) in [6.45, 7) is 0.232. The number of amides is 2. The summed E-state index contributed by atoms with van der Waals surface area (Å²) in [4.78, 5) is 24.3. The van der Waals surface area contributed by atoms with Crippen molar-refractivity contribution in [2.45, 2.75) is 19.4 Å². The molecule has 3 aromatic rings. The third kappa shape index (κ3) is 4.40. The maximum absolute atomic E-state index is 12.5. The zero-order chi connectivity index (χ0) is 19.3. The molecule has 0 aliphatic heterocycles. The van der Waals surface area contributed by atoms with Crippen LogP contribution in [0.5, 0.6) is 5.75 Å². The van der Waals surface area contributed by atoms with E-state index in [1.165, 1.54) is 6.26 Å². The zero-order valence-electron chi connectivity index (χ0n) is 15.2. The van der Waals surface area contributed by atoms with Crippen LogP contribution in [0, 0.1) is 5.92 Å². The fourth-order valence-electron chi connectivity index (χ4n) is 2.74. The Bertz CT molecular complexity index is 960. The van der Waals surface area contributed by atoms with E-state index in [4.69, 9.17) is 9.15 Å². The molecular weight excluding hydrogens is 356 g/mol. The highest BCUT2D eigenvalue weighted by molar-refractivity contribution is 6.03. The number of ether oxygens (including phenoxy) is 1. The average molecular weight is 376 g/mol. The molecule has 1 fully saturated rings. The number of carbonyl (C=O) groups excluding carboxylic acids is 2. The van der Waals surface area contributed by atoms with Gasteiger partial charge in [0, 0.05) is 22.9 Å². The number of hydrogen-bond donors (Lipinski definition) is 2. The van der Waals surface area contributed by atoms with Crippen molar-refractivity contribution in [1.29, 1.82) is 0 Å². The molecule has 0 atom stereocenters. The van der Waals surface area contributed by atoms with E-state index in [1.807, 2.05) is 30.3 Å². The molecule has 0 radical (unpaired) electrons. The van der Waals surface area contributed by atoms with Gasteiger partial charge in [0.2, 0.25) is 5.91 Å². The van der Waals surface area contributed by atoms with Gasteiger partial charge in [-0.1, -0.05) is 18.2 Å². The van der Waals surface area contributed by atoms with Gasteiger partial charge in [-0.15, -0.1) is 0 Å². The summed E-state index contributed by atoms with van der Waals surface area (Å²) in [6, 6.07) is 18.1. The zero-order valence-corrected chi connectivity index (χ0v) is 15.2. The highest BCUT2D eigenvalue weighted by Crippen LogP contribution is 2.30. The van der Waals surface area contributed by atoms with Crippen LogP contribution in [0.3, 0.4) is 0 Å². The standard InChI is InChI=1S/C22H20N2O4/c25-21(15-6-7-15)23-17-8-10-18(11-9-17)24-22(26)20-16(12-13-27-20)14-28-19-4-2-1-3-5-19/h1-5,8-13,15H,6-7,14H2,(H,23,25)(H,24,26). The van der Waals surface area contributed by atoms with Crippen molar-refractivity contribution in [3.63, 3.8) is 0 Å². The van der Waals surface area contributed by atoms with Gasteiger partial charge in [-0.2, -0.15) is 0 Å². The van der Waals surface area contributed by atoms with Crippen LogP contribution in [0.15, 0.2) is 71.3 Å². The van der Waals surface area contributed by atoms with Crippen molar-refractivity contribution in [3.05, 3.63) is 78.3 Å². The highest BCUT2D eigenvalue weighted by Gasteiger charge is 2.29. The van der Waals surface area contributed by atoms with Gasteiger partial charge >= 0.3 is 0 Å². The molecule has 4 rings (SSSR count). The molecule has 0 unspecified atom stereocenters. The maximum atomic E-state index is 12.5. The topological polar surface area (TPSA) is 80.6 Å². The van der Waals surface area contributed by atoms with E-state index >= 15 is 0 Å². The molecule has 2 amide bonds. The van der Waals surface area contributed by atoms with Crippen molar-refractivity contribution < 1.29 is 18.7 Å². The fourth-order valence-corrected chi connectivity index (χ4v) is 2.74. The lowest BCUT2D eigenvalue weighted by molar-refractivity contribution is -0.117. The summed E-state index contributed by atoms with van der Waals surface area (Å²) < 4.78 is 11.0. The minimum absolute atomic E-state index is 0.0513. The number of furan rings is 1. The summed E-state index contributed by atoms with van der Waals surface area (Å²) in [5.74, 6) is 0.776. The van der Waals surface area contributed by atoms with E-state index in [9.17, 15) is 9.59 Å². The number of carbonyl (C=O) groups is 2. The first-order valence-corrected chi connectivity index (χ1v) is 9.15. The lowest BCUT2D eigenvalue weighted by atomic mass is 10.2. The summed E-state index contributed by atoms with van der Waals surface area (Å²) in [5.41, 5.74) is 1.99. The second-order valence-electron chi connectivity index (χ2n) is 6.67. The Kier molecular flexibility index (Phi) is 5.10. The summed E-state index contributed by atoms with van der Waals surface area (Å²) >= 11 is 0. The van der Waals surface area contributed by atoms with Crippen LogP contribution in [0.1, 0.15) is 29.0 Å². The van der Waals surface area contributed by atoms with Crippen LogP contribution in [-0.4, -0.2) is 11.8 Å². The van der Waals surface area contributed by atoms with Gasteiger partial charge in [-0.05, 0) is 55.3 Å². The summed E-state index contributed by atoms with van der Waals surface area (Å²) in [5, 5.41) is 5.66. The van der Waals surface area contributed by atoms with Crippen molar-refractivity contribution in [2.75, 3.05) is 10.6 Å². The Labute approximate surface area is 162 Å². The molecule has 0 saturated heterocycles. The normalized spacial score (nSPS) is 13.0. The molecule has 2 N–H and O–H groups in total. The molecule has 6 heteroatoms. The van der Waals surface area contributed by atoms with E-state index in [0.717, 1.165) is 18.6 Å². The molecule has 6 nitrogen and oxygen atoms in total. The van der Waals surface area contributed by atoms with Crippen molar-refractivity contribution in [1.82, 2.24) is 0 Å². The van der Waals surface area contributed by atoms with Crippen molar-refractivity contribution >= 4 is 23.2 Å². The minimum atomic E-state index is -0.355. The third-order valence-corrected chi connectivity index (χ3v) is 4.45. The Morgan fingerprint density at radius 1 is 0.929 bits per heavy atom. The van der Waals surface area contributed by atoms with E-state index < -0.39 is 0 Å². The van der Waals surface area contributed by atoms with Gasteiger partial charge in [0.15, 0.2) is 5.76 Å². The largest absolute Gasteiger partial charge is 0.489 e. The van der Waals surface area contributed by atoms with Crippen molar-refractivity contribution in [2.24, 2.45) is 5.92 Å². The van der Waals surface area contributed by atoms with Crippen LogP contribution in [0.2, 0.25) is 0 Å². The first kappa shape index (κ1) is 17.9. The fraction of sp³-hybridized carbons (Fsp3) is 0.182. The number of para-hydroxylation sites is 1. The van der Waals surface area contributed by atoms with Gasteiger partial charge in [-0.25, -0.2) is 0 Å². The molecule has 142 valence electrons. The van der Waals surface area contributed by atoms with Crippen LogP contribution >= 0.6 is 0 Å². The molecule has 1 heterocycles. The smallest absolute Gasteiger partial charge is 0.291 e. The van der Waals surface area contributed by atoms with E-state index in [2.05, 4.69) is 10.6 Å². The second-order valence-corrected chi connectivity index (χ2v) is 6.67. The first-order valence-electron chi connectivity index (χ1n) is 9.15. The SMILES string of the molecule is O=C(Nc1ccc(NC(=O)C2CC2)cc1)c1occc1COc1ccccc1. The third-order valence-electron chi connectivity index (χ3n) is 4.45. The number of nitrogens with one attached hydrogen (secondary N) is 2. The Hall–Kier alpha value is -3.54. The van der Waals surface area contributed by atoms with Gasteiger partial charge in [0.1, 0.15) is 12.4 Å². The quantitative estimate of drug-likeness (QED) is 0.638. The monoisotopic (exact) mass is 376 g/mol. The van der Waals surface area contributed by atoms with Crippen LogP contribution in [0.25, 0.3) is 0 Å². The Morgan fingerprint density at radius 2 is 1.61 bits per heavy atom. The summed E-state index contributed by atoms with van der Waals surface area (Å²) in [7, 11) is 0. The van der Waals surface area contributed by atoms with Crippen LogP contribution < -0.4 is 15.4 Å². The van der Waals surface area contributed by atoms with E-state index in [-0.39, 0.29) is 30.1 Å². The molecule has 1 aromatic heterocycles. The molecule has 1 saturated carbocycles. The number of rotatable bonds is 7. The highest BCUT2D eigenvalue weighted by atomic mass is 16.5. The Balaban J connectivity index is 1.36. The van der Waals surface area contributed by atoms with Crippen molar-refractivity contribution in [3.8, 4) is 5.75 Å². The molecule has 0 bridgehead atoms. The summed E-state index contributed by atoms with van der Waals surface area (Å²) in [6.07, 6.45) is 3.38. The van der Waals surface area contributed by atoms with Crippen LogP contribution in [-0.2, 0) is 11.4 Å². The van der Waals surface area contributed by atoms with Gasteiger partial charge < -0.3 is 19.8 Å². The van der Waals surface area contributed by atoms with Gasteiger partial charge in [-0.3, -0.25) is 9.59 Å². The minimum Gasteiger partial charge on any atom is -0.489 e. The molecule has 0 spiro atoms. The Morgan fingerprint density at radius 3 is 2.29 bits per heavy atom. The first-order chi connectivity index (χ1) is 13.7. The molecule has 28 heavy (non-hydrogen) atoms. The van der Waals surface area contributed by atoms with Gasteiger partial charge in [0.25, 0.3) is 5.91 Å². The van der Waals surface area contributed by atoms with E-state index in [1.54, 1.807) is 30.3 Å². The molecular formula is C22H20N2O4. The number of hydrogen-bond acceptors (Lipinski definition) is 4. The molecule has 2 aromatic carbocycles. The van der Waals surface area contributed by atoms with Gasteiger partial charge in [0.05, 0.1) is 6.26 Å². The maximum Gasteiger partial charge on any atom is 0.291 e. The predicted octanol–water partition coefficient (Wildman–Crippen LogP) is 4.46. The molecule has 1 aliphatic rings. The average Bonchev–Trinajstić information content (AvgIpc) is 3.47. The lowest BCUT2D eigenvalue weighted by Crippen LogP contribution is -2.15. The predicted molar refractivity (Wildman–Crippen MR) is 105 cm³/mol. The van der Waals surface area contributed by atoms with Crippen LogP contribution in [0.4, 0.5) is 11.4 Å². The number of benzene rings is 2. The molecule has 1 aliphatic carbocycles. The lowest BCUT2D eigenvalue weighted by Gasteiger charge is -2.08. The van der Waals surface area contributed by atoms with E-state index in [0.29, 0.717) is 16.9 Å². The second kappa shape index (κ2) is 8.00. The number of anilines is 2.